The number of halogens is 3. The molecule has 0 radical (unpaired) electrons. The number of ether oxygens (including phenoxy) is 2. The molecule has 7 nitrogen and oxygen atoms in total. The molecule has 2 N–H and O–H groups in total. The largest absolute Gasteiger partial charge is 0.468 e. The van der Waals surface area contributed by atoms with E-state index in [1.165, 1.54) is 6.20 Å². The molecule has 2 aliphatic heterocycles. The Kier molecular flexibility index (Phi) is 9.02. The third-order valence-corrected chi connectivity index (χ3v) is 6.44. The minimum absolute atomic E-state index is 0.175. The van der Waals surface area contributed by atoms with Gasteiger partial charge in [0.15, 0.2) is 11.0 Å². The summed E-state index contributed by atoms with van der Waals surface area (Å²) < 4.78 is 24.4. The number of nitrogens with zero attached hydrogens (tertiary/aromatic N) is 1. The first kappa shape index (κ1) is 25.4. The van der Waals surface area contributed by atoms with Gasteiger partial charge in [0, 0.05) is 48.1 Å². The van der Waals surface area contributed by atoms with E-state index >= 15 is 0 Å². The van der Waals surface area contributed by atoms with Crippen molar-refractivity contribution in [1.29, 1.82) is 0 Å². The molecule has 33 heavy (non-hydrogen) atoms. The summed E-state index contributed by atoms with van der Waals surface area (Å²) in [6.45, 7) is 4.25. The Balaban J connectivity index is 0.000000555. The van der Waals surface area contributed by atoms with Gasteiger partial charge in [-0.15, -0.1) is 0 Å². The number of rotatable bonds is 5. The lowest BCUT2D eigenvalue weighted by atomic mass is 9.73. The average molecular weight is 498 g/mol. The first-order valence-corrected chi connectivity index (χ1v) is 11.4. The number of aromatic nitrogens is 1. The van der Waals surface area contributed by atoms with Crippen molar-refractivity contribution in [3.63, 3.8) is 0 Å². The molecule has 2 unspecified atom stereocenters. The maximum Gasteiger partial charge on any atom is 0.293 e. The molecule has 0 saturated carbocycles. The number of carbonyl (C=O) groups excluding carboxylic acids is 2. The fourth-order valence-electron chi connectivity index (χ4n) is 4.45. The van der Waals surface area contributed by atoms with Gasteiger partial charge in [0.25, 0.3) is 6.47 Å². The Morgan fingerprint density at radius 1 is 1.36 bits per heavy atom. The van der Waals surface area contributed by atoms with Crippen molar-refractivity contribution in [2.24, 2.45) is 5.92 Å². The molecule has 0 aliphatic carbocycles. The molecule has 2 fully saturated rings. The zero-order valence-electron chi connectivity index (χ0n) is 18.2. The standard InChI is InChI=1S/C20H20Cl2FN3O2.C3H6O2/c21-12-2-1-3-13(10-12)26-19(27)16-15(14-4-7-24-18(22)17(14)23)11-25-20(16)5-8-28-9-6-20;1-2-5-3-4/h1-4,7,10,15-16,25H,5-6,8-9,11H2,(H,26,27);3H,2H2,1H3. The minimum Gasteiger partial charge on any atom is -0.468 e. The lowest BCUT2D eigenvalue weighted by Crippen LogP contribution is -2.53. The number of carbonyl (C=O) groups is 2. The van der Waals surface area contributed by atoms with Crippen LogP contribution in [0.5, 0.6) is 0 Å². The van der Waals surface area contributed by atoms with Crippen LogP contribution in [0.25, 0.3) is 0 Å². The number of anilines is 1. The lowest BCUT2D eigenvalue weighted by Gasteiger charge is -2.39. The first-order chi connectivity index (χ1) is 15.9. The minimum atomic E-state index is -0.569. The van der Waals surface area contributed by atoms with E-state index in [4.69, 9.17) is 27.9 Å². The van der Waals surface area contributed by atoms with Gasteiger partial charge in [-0.05, 0) is 49.6 Å². The number of hydrogen-bond acceptors (Lipinski definition) is 6. The molecular formula is C23H26Cl2FN3O4. The summed E-state index contributed by atoms with van der Waals surface area (Å²) in [4.78, 5) is 26.4. The molecule has 1 aromatic heterocycles. The third kappa shape index (κ3) is 6.00. The normalized spacial score (nSPS) is 21.1. The van der Waals surface area contributed by atoms with Gasteiger partial charge in [-0.3, -0.25) is 9.59 Å². The molecule has 4 rings (SSSR count). The van der Waals surface area contributed by atoms with Crippen molar-refractivity contribution in [1.82, 2.24) is 10.3 Å². The van der Waals surface area contributed by atoms with Gasteiger partial charge in [0.2, 0.25) is 5.91 Å². The monoisotopic (exact) mass is 497 g/mol. The first-order valence-electron chi connectivity index (χ1n) is 10.7. The van der Waals surface area contributed by atoms with Crippen LogP contribution in [-0.2, 0) is 19.1 Å². The smallest absolute Gasteiger partial charge is 0.293 e. The number of nitrogens with one attached hydrogen (secondary N) is 2. The van der Waals surface area contributed by atoms with Gasteiger partial charge in [-0.1, -0.05) is 29.3 Å². The van der Waals surface area contributed by atoms with Crippen LogP contribution in [0.4, 0.5) is 10.1 Å². The van der Waals surface area contributed by atoms with Gasteiger partial charge in [0.1, 0.15) is 0 Å². The fraction of sp³-hybridized carbons (Fsp3) is 0.435. The fourth-order valence-corrected chi connectivity index (χ4v) is 4.80. The average Bonchev–Trinajstić information content (AvgIpc) is 3.15. The highest BCUT2D eigenvalue weighted by atomic mass is 35.5. The number of benzene rings is 1. The second-order valence-corrected chi connectivity index (χ2v) is 8.58. The maximum atomic E-state index is 14.7. The third-order valence-electron chi connectivity index (χ3n) is 5.94. The van der Waals surface area contributed by atoms with E-state index in [1.807, 2.05) is 0 Å². The summed E-state index contributed by atoms with van der Waals surface area (Å²) in [5.41, 5.74) is 0.564. The summed E-state index contributed by atoms with van der Waals surface area (Å²) in [6, 6.07) is 8.59. The Hall–Kier alpha value is -2.26. The highest BCUT2D eigenvalue weighted by Gasteiger charge is 2.53. The molecule has 2 aliphatic rings. The lowest BCUT2D eigenvalue weighted by molar-refractivity contribution is -0.128. The van der Waals surface area contributed by atoms with Crippen LogP contribution in [0, 0.1) is 11.7 Å². The van der Waals surface area contributed by atoms with E-state index in [1.54, 1.807) is 37.3 Å². The predicted octanol–water partition coefficient (Wildman–Crippen LogP) is 4.20. The van der Waals surface area contributed by atoms with Crippen LogP contribution in [0.15, 0.2) is 36.5 Å². The van der Waals surface area contributed by atoms with Crippen LogP contribution < -0.4 is 10.6 Å². The zero-order chi connectivity index (χ0) is 23.8. The number of hydrogen-bond donors (Lipinski definition) is 2. The van der Waals surface area contributed by atoms with Gasteiger partial charge in [-0.2, -0.15) is 0 Å². The van der Waals surface area contributed by atoms with Crippen LogP contribution in [-0.4, -0.2) is 49.3 Å². The maximum absolute atomic E-state index is 14.7. The molecule has 178 valence electrons. The molecule has 10 heteroatoms. The molecule has 1 spiro atoms. The van der Waals surface area contributed by atoms with Crippen molar-refractivity contribution in [2.75, 3.05) is 31.7 Å². The second kappa shape index (κ2) is 11.7. The molecule has 0 bridgehead atoms. The van der Waals surface area contributed by atoms with Crippen molar-refractivity contribution >= 4 is 41.3 Å². The Labute approximate surface area is 202 Å². The highest BCUT2D eigenvalue weighted by molar-refractivity contribution is 6.31. The Morgan fingerprint density at radius 3 is 2.76 bits per heavy atom. The topological polar surface area (TPSA) is 89.6 Å². The molecule has 2 atom stereocenters. The van der Waals surface area contributed by atoms with E-state index in [9.17, 15) is 14.0 Å². The highest BCUT2D eigenvalue weighted by Crippen LogP contribution is 2.45. The molecule has 2 saturated heterocycles. The summed E-state index contributed by atoms with van der Waals surface area (Å²) >= 11 is 11.9. The van der Waals surface area contributed by atoms with Crippen LogP contribution in [0.2, 0.25) is 10.2 Å². The molecule has 3 heterocycles. The van der Waals surface area contributed by atoms with E-state index in [2.05, 4.69) is 20.4 Å². The Bertz CT molecular complexity index is 972. The quantitative estimate of drug-likeness (QED) is 0.475. The number of pyridine rings is 1. The van der Waals surface area contributed by atoms with Gasteiger partial charge < -0.3 is 20.1 Å². The van der Waals surface area contributed by atoms with E-state index < -0.39 is 17.3 Å². The van der Waals surface area contributed by atoms with Crippen molar-refractivity contribution in [3.05, 3.63) is 58.1 Å². The summed E-state index contributed by atoms with van der Waals surface area (Å²) in [5, 5.41) is 6.81. The predicted molar refractivity (Wildman–Crippen MR) is 124 cm³/mol. The van der Waals surface area contributed by atoms with Crippen LogP contribution >= 0.6 is 23.2 Å². The van der Waals surface area contributed by atoms with E-state index in [0.29, 0.717) is 62.0 Å². The molecule has 1 amide bonds. The van der Waals surface area contributed by atoms with Gasteiger partial charge in [-0.25, -0.2) is 9.37 Å². The van der Waals surface area contributed by atoms with Crippen LogP contribution in [0.1, 0.15) is 31.2 Å². The molecular weight excluding hydrogens is 472 g/mol. The van der Waals surface area contributed by atoms with E-state index in [-0.39, 0.29) is 17.0 Å². The molecule has 2 aromatic rings. The van der Waals surface area contributed by atoms with E-state index in [0.717, 1.165) is 0 Å². The van der Waals surface area contributed by atoms with Crippen molar-refractivity contribution < 1.29 is 23.5 Å². The van der Waals surface area contributed by atoms with Crippen molar-refractivity contribution in [2.45, 2.75) is 31.2 Å². The summed E-state index contributed by atoms with van der Waals surface area (Å²) in [5.74, 6) is -1.59. The SMILES string of the molecule is CCOC=O.O=C(Nc1cccc(Cl)c1)C1C(c2ccnc(Cl)c2F)CNC12CCOCC2. The number of amides is 1. The summed E-state index contributed by atoms with van der Waals surface area (Å²) in [7, 11) is 0. The van der Waals surface area contributed by atoms with Crippen LogP contribution in [0.3, 0.4) is 0 Å². The zero-order valence-corrected chi connectivity index (χ0v) is 19.7. The second-order valence-electron chi connectivity index (χ2n) is 7.79. The van der Waals surface area contributed by atoms with Gasteiger partial charge in [0.05, 0.1) is 12.5 Å². The molecule has 1 aromatic carbocycles. The van der Waals surface area contributed by atoms with Crippen molar-refractivity contribution in [3.8, 4) is 0 Å². The summed E-state index contributed by atoms with van der Waals surface area (Å²) in [6.07, 6.45) is 2.83. The van der Waals surface area contributed by atoms with Gasteiger partial charge >= 0.3 is 0 Å². The Morgan fingerprint density at radius 2 is 2.12 bits per heavy atom.